The van der Waals surface area contributed by atoms with Gasteiger partial charge in [-0.3, -0.25) is 9.59 Å². The Kier molecular flexibility index (Phi) is 6.89. The normalized spacial score (nSPS) is 16.6. The van der Waals surface area contributed by atoms with E-state index in [2.05, 4.69) is 21.2 Å². The summed E-state index contributed by atoms with van der Waals surface area (Å²) >= 11 is 0. The molecule has 8 nitrogen and oxygen atoms in total. The SMILES string of the molecule is CN.Cc1ccc(NC(=O)c2cc(C=O)cnn2)cc1B1OC(C)(C)C(C)(C)O1. The van der Waals surface area contributed by atoms with Crippen LogP contribution in [0.3, 0.4) is 0 Å². The summed E-state index contributed by atoms with van der Waals surface area (Å²) in [6.45, 7) is 9.93. The van der Waals surface area contributed by atoms with E-state index in [-0.39, 0.29) is 11.3 Å². The molecule has 1 aliphatic rings. The number of nitrogens with one attached hydrogen (secondary N) is 1. The molecule has 0 atom stereocenters. The second-order valence-corrected chi connectivity index (χ2v) is 7.61. The van der Waals surface area contributed by atoms with Gasteiger partial charge in [0.25, 0.3) is 5.91 Å². The van der Waals surface area contributed by atoms with Gasteiger partial charge >= 0.3 is 7.12 Å². The molecule has 1 amide bonds. The summed E-state index contributed by atoms with van der Waals surface area (Å²) in [6, 6.07) is 6.90. The maximum Gasteiger partial charge on any atom is 0.495 e. The number of rotatable bonds is 4. The summed E-state index contributed by atoms with van der Waals surface area (Å²) in [5.41, 5.74) is 6.37. The molecule has 1 aliphatic heterocycles. The first-order valence-corrected chi connectivity index (χ1v) is 9.26. The van der Waals surface area contributed by atoms with Crippen molar-refractivity contribution in [2.75, 3.05) is 12.4 Å². The van der Waals surface area contributed by atoms with Crippen molar-refractivity contribution in [3.63, 3.8) is 0 Å². The molecule has 0 bridgehead atoms. The predicted molar refractivity (Wildman–Crippen MR) is 112 cm³/mol. The smallest absolute Gasteiger partial charge is 0.399 e. The van der Waals surface area contributed by atoms with Gasteiger partial charge in [-0.05, 0) is 65.3 Å². The molecule has 3 rings (SSSR count). The average molecular weight is 398 g/mol. The van der Waals surface area contributed by atoms with Crippen molar-refractivity contribution in [2.24, 2.45) is 5.73 Å². The number of hydrogen-bond donors (Lipinski definition) is 2. The molecule has 0 saturated carbocycles. The summed E-state index contributed by atoms with van der Waals surface area (Å²) in [5, 5.41) is 10.2. The van der Waals surface area contributed by atoms with E-state index in [4.69, 9.17) is 9.31 Å². The van der Waals surface area contributed by atoms with Gasteiger partial charge in [0, 0.05) is 11.3 Å². The van der Waals surface area contributed by atoms with Gasteiger partial charge in [0.1, 0.15) is 0 Å². The summed E-state index contributed by atoms with van der Waals surface area (Å²) in [7, 11) is 0.977. The van der Waals surface area contributed by atoms with Crippen molar-refractivity contribution >= 4 is 30.5 Å². The number of carbonyl (C=O) groups is 2. The number of benzene rings is 1. The van der Waals surface area contributed by atoms with Crippen LogP contribution < -0.4 is 16.5 Å². The first-order valence-electron chi connectivity index (χ1n) is 9.26. The van der Waals surface area contributed by atoms with Crippen molar-refractivity contribution in [1.29, 1.82) is 0 Å². The Hall–Kier alpha value is -2.62. The van der Waals surface area contributed by atoms with Gasteiger partial charge in [-0.25, -0.2) is 0 Å². The third-order valence-electron chi connectivity index (χ3n) is 5.09. The highest BCUT2D eigenvalue weighted by Gasteiger charge is 2.52. The molecular formula is C20H27BN4O4. The van der Waals surface area contributed by atoms with Crippen molar-refractivity contribution in [1.82, 2.24) is 10.2 Å². The molecule has 1 aromatic carbocycles. The van der Waals surface area contributed by atoms with Crippen molar-refractivity contribution in [2.45, 2.75) is 45.8 Å². The van der Waals surface area contributed by atoms with Crippen LogP contribution in [-0.2, 0) is 9.31 Å². The van der Waals surface area contributed by atoms with Crippen LogP contribution in [0, 0.1) is 6.92 Å². The molecule has 2 heterocycles. The Labute approximate surface area is 171 Å². The van der Waals surface area contributed by atoms with E-state index >= 15 is 0 Å². The minimum atomic E-state index is -0.523. The van der Waals surface area contributed by atoms with Crippen LogP contribution in [0.1, 0.15) is 54.1 Å². The highest BCUT2D eigenvalue weighted by Crippen LogP contribution is 2.36. The standard InChI is InChI=1S/C19H22BN3O4.CH5N/c1-12-6-7-14(22-17(25)16-8-13(11-24)10-21-23-16)9-15(12)20-26-18(2,3)19(4,5)27-20;1-2/h6-11H,1-5H3,(H,22,25);2H2,1H3. The van der Waals surface area contributed by atoms with Crippen LogP contribution in [0.2, 0.25) is 0 Å². The molecule has 2 aromatic rings. The van der Waals surface area contributed by atoms with Gasteiger partial charge in [-0.1, -0.05) is 11.6 Å². The second kappa shape index (κ2) is 8.81. The number of nitrogens with two attached hydrogens (primary N) is 1. The van der Waals surface area contributed by atoms with Crippen LogP contribution in [0.15, 0.2) is 30.5 Å². The molecule has 3 N–H and O–H groups in total. The molecule has 1 fully saturated rings. The molecule has 29 heavy (non-hydrogen) atoms. The number of aryl methyl sites for hydroxylation is 1. The summed E-state index contributed by atoms with van der Waals surface area (Å²) < 4.78 is 12.2. The summed E-state index contributed by atoms with van der Waals surface area (Å²) in [6.07, 6.45) is 1.92. The van der Waals surface area contributed by atoms with E-state index in [0.717, 1.165) is 11.0 Å². The van der Waals surface area contributed by atoms with Gasteiger partial charge in [0.2, 0.25) is 0 Å². The Balaban J connectivity index is 0.00000145. The minimum absolute atomic E-state index is 0.0670. The zero-order chi connectivity index (χ0) is 21.8. The second-order valence-electron chi connectivity index (χ2n) is 7.61. The lowest BCUT2D eigenvalue weighted by molar-refractivity contribution is 0.00578. The molecular weight excluding hydrogens is 371 g/mol. The molecule has 1 aromatic heterocycles. The van der Waals surface area contributed by atoms with E-state index in [9.17, 15) is 9.59 Å². The number of amides is 1. The number of aromatic nitrogens is 2. The van der Waals surface area contributed by atoms with E-state index in [0.29, 0.717) is 12.0 Å². The fraction of sp³-hybridized carbons (Fsp3) is 0.400. The zero-order valence-corrected chi connectivity index (χ0v) is 17.6. The van der Waals surface area contributed by atoms with Crippen LogP contribution in [0.25, 0.3) is 0 Å². The largest absolute Gasteiger partial charge is 0.495 e. The van der Waals surface area contributed by atoms with Crippen LogP contribution in [0.5, 0.6) is 0 Å². The molecule has 0 radical (unpaired) electrons. The quantitative estimate of drug-likeness (QED) is 0.595. The van der Waals surface area contributed by atoms with Crippen molar-refractivity contribution in [3.8, 4) is 0 Å². The summed E-state index contributed by atoms with van der Waals surface area (Å²) in [5.74, 6) is -0.449. The van der Waals surface area contributed by atoms with Gasteiger partial charge < -0.3 is 20.4 Å². The predicted octanol–water partition coefficient (Wildman–Crippen LogP) is 1.72. The Bertz CT molecular complexity index is 886. The first-order chi connectivity index (χ1) is 13.6. The third-order valence-corrected chi connectivity index (χ3v) is 5.09. The molecule has 0 aliphatic carbocycles. The molecule has 1 saturated heterocycles. The lowest BCUT2D eigenvalue weighted by atomic mass is 9.76. The lowest BCUT2D eigenvalue weighted by Gasteiger charge is -2.32. The van der Waals surface area contributed by atoms with Gasteiger partial charge in [0.05, 0.1) is 17.4 Å². The van der Waals surface area contributed by atoms with E-state index in [1.807, 2.05) is 46.8 Å². The van der Waals surface area contributed by atoms with Crippen molar-refractivity contribution < 1.29 is 18.9 Å². The van der Waals surface area contributed by atoms with E-state index in [1.54, 1.807) is 6.07 Å². The van der Waals surface area contributed by atoms with E-state index in [1.165, 1.54) is 19.3 Å². The first kappa shape index (κ1) is 22.7. The van der Waals surface area contributed by atoms with Crippen LogP contribution in [0.4, 0.5) is 5.69 Å². The number of hydrogen-bond acceptors (Lipinski definition) is 7. The highest BCUT2D eigenvalue weighted by atomic mass is 16.7. The summed E-state index contributed by atoms with van der Waals surface area (Å²) in [4.78, 5) is 23.3. The number of aldehydes is 1. The van der Waals surface area contributed by atoms with Gasteiger partial charge in [-0.15, -0.1) is 5.10 Å². The Morgan fingerprint density at radius 3 is 2.34 bits per heavy atom. The number of nitrogens with zero attached hydrogens (tertiary/aromatic N) is 2. The minimum Gasteiger partial charge on any atom is -0.399 e. The fourth-order valence-electron chi connectivity index (χ4n) is 2.69. The van der Waals surface area contributed by atoms with Crippen molar-refractivity contribution in [3.05, 3.63) is 47.3 Å². The molecule has 0 unspecified atom stereocenters. The zero-order valence-electron chi connectivity index (χ0n) is 17.6. The highest BCUT2D eigenvalue weighted by molar-refractivity contribution is 6.62. The molecule has 154 valence electrons. The maximum absolute atomic E-state index is 12.4. The Morgan fingerprint density at radius 2 is 1.76 bits per heavy atom. The third kappa shape index (κ3) is 4.87. The topological polar surface area (TPSA) is 116 Å². The molecule has 9 heteroatoms. The lowest BCUT2D eigenvalue weighted by Crippen LogP contribution is -2.41. The number of anilines is 1. The molecule has 0 spiro atoms. The maximum atomic E-state index is 12.4. The van der Waals surface area contributed by atoms with Crippen LogP contribution in [-0.4, -0.2) is 47.8 Å². The van der Waals surface area contributed by atoms with E-state index < -0.39 is 24.2 Å². The fourth-order valence-corrected chi connectivity index (χ4v) is 2.69. The number of carbonyl (C=O) groups excluding carboxylic acids is 2. The monoisotopic (exact) mass is 398 g/mol. The average Bonchev–Trinajstić information content (AvgIpc) is 2.92. The van der Waals surface area contributed by atoms with Gasteiger partial charge in [-0.2, -0.15) is 5.10 Å². The Morgan fingerprint density at radius 1 is 1.14 bits per heavy atom. The van der Waals surface area contributed by atoms with Gasteiger partial charge in [0.15, 0.2) is 12.0 Å². The van der Waals surface area contributed by atoms with Crippen LogP contribution >= 0.6 is 0 Å².